The van der Waals surface area contributed by atoms with Gasteiger partial charge < -0.3 is 15.4 Å². The van der Waals surface area contributed by atoms with Crippen molar-refractivity contribution in [3.8, 4) is 0 Å². The Kier molecular flexibility index (Phi) is 5.12. The van der Waals surface area contributed by atoms with Crippen molar-refractivity contribution < 1.29 is 14.3 Å². The lowest BCUT2D eigenvalue weighted by Gasteiger charge is -2.25. The maximum Gasteiger partial charge on any atom is 0.307 e. The van der Waals surface area contributed by atoms with E-state index in [-0.39, 0.29) is 24.3 Å². The minimum absolute atomic E-state index is 0.0659. The standard InChI is InChI=1S/C15H20N2O3/c1-2-20-14(18)7-8-16-15(19)13-9-11-5-3-4-6-12(11)10-17-13/h3-6,13,17H,2,7-10H2,1H3,(H,16,19)/t13-/m1/s1. The minimum atomic E-state index is -0.283. The van der Waals surface area contributed by atoms with E-state index >= 15 is 0 Å². The monoisotopic (exact) mass is 276 g/mol. The molecule has 0 saturated heterocycles. The van der Waals surface area contributed by atoms with Crippen LogP contribution in [-0.4, -0.2) is 31.1 Å². The van der Waals surface area contributed by atoms with Crippen LogP contribution in [0.1, 0.15) is 24.5 Å². The van der Waals surface area contributed by atoms with Crippen LogP contribution in [0.15, 0.2) is 24.3 Å². The van der Waals surface area contributed by atoms with Crippen molar-refractivity contribution in [3.63, 3.8) is 0 Å². The van der Waals surface area contributed by atoms with Gasteiger partial charge in [-0.25, -0.2) is 0 Å². The van der Waals surface area contributed by atoms with E-state index in [1.54, 1.807) is 6.92 Å². The van der Waals surface area contributed by atoms with E-state index in [0.717, 1.165) is 0 Å². The van der Waals surface area contributed by atoms with E-state index in [1.165, 1.54) is 11.1 Å². The summed E-state index contributed by atoms with van der Waals surface area (Å²) in [5, 5.41) is 5.98. The van der Waals surface area contributed by atoms with Crippen molar-refractivity contribution >= 4 is 11.9 Å². The first-order chi connectivity index (χ1) is 9.70. The number of benzene rings is 1. The topological polar surface area (TPSA) is 67.4 Å². The lowest BCUT2D eigenvalue weighted by molar-refractivity contribution is -0.143. The highest BCUT2D eigenvalue weighted by Gasteiger charge is 2.23. The van der Waals surface area contributed by atoms with Gasteiger partial charge in [0.15, 0.2) is 0 Å². The SMILES string of the molecule is CCOC(=O)CCNC(=O)[C@H]1Cc2ccccc2CN1. The average molecular weight is 276 g/mol. The molecule has 2 rings (SSSR count). The van der Waals surface area contributed by atoms with Crippen LogP contribution in [0.5, 0.6) is 0 Å². The van der Waals surface area contributed by atoms with Gasteiger partial charge in [-0.15, -0.1) is 0 Å². The second kappa shape index (κ2) is 7.05. The summed E-state index contributed by atoms with van der Waals surface area (Å²) in [4.78, 5) is 23.2. The third kappa shape index (κ3) is 3.81. The molecular formula is C15H20N2O3. The molecule has 5 heteroatoms. The van der Waals surface area contributed by atoms with Gasteiger partial charge in [0.2, 0.25) is 5.91 Å². The summed E-state index contributed by atoms with van der Waals surface area (Å²) in [6, 6.07) is 7.87. The second-order valence-electron chi connectivity index (χ2n) is 4.75. The lowest BCUT2D eigenvalue weighted by Crippen LogP contribution is -2.48. The summed E-state index contributed by atoms with van der Waals surface area (Å²) in [7, 11) is 0. The molecule has 2 N–H and O–H groups in total. The van der Waals surface area contributed by atoms with Gasteiger partial charge in [-0.3, -0.25) is 9.59 Å². The van der Waals surface area contributed by atoms with Crippen molar-refractivity contribution in [2.45, 2.75) is 32.4 Å². The molecule has 1 amide bonds. The van der Waals surface area contributed by atoms with Gasteiger partial charge in [0.25, 0.3) is 0 Å². The molecule has 0 saturated carbocycles. The van der Waals surface area contributed by atoms with E-state index < -0.39 is 0 Å². The van der Waals surface area contributed by atoms with Crippen LogP contribution in [-0.2, 0) is 27.3 Å². The number of ether oxygens (including phenoxy) is 1. The Morgan fingerprint density at radius 1 is 1.35 bits per heavy atom. The summed E-state index contributed by atoms with van der Waals surface area (Å²) >= 11 is 0. The number of amides is 1. The Bertz CT molecular complexity index is 488. The summed E-state index contributed by atoms with van der Waals surface area (Å²) in [6.07, 6.45) is 0.893. The first kappa shape index (κ1) is 14.5. The first-order valence-electron chi connectivity index (χ1n) is 6.94. The number of hydrogen-bond acceptors (Lipinski definition) is 4. The highest BCUT2D eigenvalue weighted by atomic mass is 16.5. The van der Waals surface area contributed by atoms with Crippen molar-refractivity contribution in [1.82, 2.24) is 10.6 Å². The van der Waals surface area contributed by atoms with Gasteiger partial charge in [0, 0.05) is 13.1 Å². The molecule has 5 nitrogen and oxygen atoms in total. The Morgan fingerprint density at radius 3 is 2.85 bits per heavy atom. The molecule has 1 aliphatic rings. The van der Waals surface area contributed by atoms with Crippen LogP contribution >= 0.6 is 0 Å². The third-order valence-electron chi connectivity index (χ3n) is 3.33. The second-order valence-corrected chi connectivity index (χ2v) is 4.75. The molecule has 20 heavy (non-hydrogen) atoms. The summed E-state index contributed by atoms with van der Waals surface area (Å²) in [5.74, 6) is -0.349. The van der Waals surface area contributed by atoms with Crippen LogP contribution in [0, 0.1) is 0 Å². The number of nitrogens with one attached hydrogen (secondary N) is 2. The van der Waals surface area contributed by atoms with Crippen LogP contribution in [0.2, 0.25) is 0 Å². The Balaban J connectivity index is 1.78. The fourth-order valence-corrected chi connectivity index (χ4v) is 2.28. The van der Waals surface area contributed by atoms with E-state index in [9.17, 15) is 9.59 Å². The molecule has 0 fully saturated rings. The predicted molar refractivity (Wildman–Crippen MR) is 75.0 cm³/mol. The van der Waals surface area contributed by atoms with Crippen molar-refractivity contribution in [2.75, 3.05) is 13.2 Å². The lowest BCUT2D eigenvalue weighted by atomic mass is 9.95. The minimum Gasteiger partial charge on any atom is -0.466 e. The molecule has 0 unspecified atom stereocenters. The zero-order valence-electron chi connectivity index (χ0n) is 11.6. The molecule has 108 valence electrons. The highest BCUT2D eigenvalue weighted by Crippen LogP contribution is 2.16. The van der Waals surface area contributed by atoms with E-state index in [4.69, 9.17) is 4.74 Å². The molecule has 1 aromatic rings. The number of fused-ring (bicyclic) bond motifs is 1. The van der Waals surface area contributed by atoms with Crippen LogP contribution in [0.25, 0.3) is 0 Å². The largest absolute Gasteiger partial charge is 0.466 e. The molecule has 0 bridgehead atoms. The Morgan fingerprint density at radius 2 is 2.10 bits per heavy atom. The fourth-order valence-electron chi connectivity index (χ4n) is 2.28. The van der Waals surface area contributed by atoms with Crippen LogP contribution < -0.4 is 10.6 Å². The molecular weight excluding hydrogens is 256 g/mol. The summed E-state index contributed by atoms with van der Waals surface area (Å²) in [6.45, 7) is 3.15. The van der Waals surface area contributed by atoms with Crippen molar-refractivity contribution in [3.05, 3.63) is 35.4 Å². The Labute approximate surface area is 118 Å². The maximum atomic E-state index is 12.0. The van der Waals surface area contributed by atoms with Gasteiger partial charge in [-0.1, -0.05) is 24.3 Å². The third-order valence-corrected chi connectivity index (χ3v) is 3.33. The van der Waals surface area contributed by atoms with Gasteiger partial charge in [-0.2, -0.15) is 0 Å². The molecule has 1 aromatic carbocycles. The number of carbonyl (C=O) groups excluding carboxylic acids is 2. The van der Waals surface area contributed by atoms with E-state index in [0.29, 0.717) is 26.1 Å². The van der Waals surface area contributed by atoms with Gasteiger partial charge >= 0.3 is 5.97 Å². The first-order valence-corrected chi connectivity index (χ1v) is 6.94. The fraction of sp³-hybridized carbons (Fsp3) is 0.467. The maximum absolute atomic E-state index is 12.0. The number of hydrogen-bond donors (Lipinski definition) is 2. The van der Waals surface area contributed by atoms with Crippen molar-refractivity contribution in [2.24, 2.45) is 0 Å². The van der Waals surface area contributed by atoms with Gasteiger partial charge in [0.1, 0.15) is 0 Å². The molecule has 1 atom stereocenters. The normalized spacial score (nSPS) is 17.1. The van der Waals surface area contributed by atoms with E-state index in [1.807, 2.05) is 12.1 Å². The van der Waals surface area contributed by atoms with E-state index in [2.05, 4.69) is 22.8 Å². The molecule has 1 heterocycles. The summed E-state index contributed by atoms with van der Waals surface area (Å²) in [5.41, 5.74) is 2.44. The quantitative estimate of drug-likeness (QED) is 0.780. The molecule has 0 spiro atoms. The highest BCUT2D eigenvalue weighted by molar-refractivity contribution is 5.83. The van der Waals surface area contributed by atoms with Gasteiger partial charge in [-0.05, 0) is 24.5 Å². The number of esters is 1. The number of carbonyl (C=O) groups is 2. The smallest absolute Gasteiger partial charge is 0.307 e. The Hall–Kier alpha value is -1.88. The van der Waals surface area contributed by atoms with Crippen molar-refractivity contribution in [1.29, 1.82) is 0 Å². The molecule has 0 aromatic heterocycles. The van der Waals surface area contributed by atoms with Crippen LogP contribution in [0.4, 0.5) is 0 Å². The molecule has 1 aliphatic heterocycles. The average Bonchev–Trinajstić information content (AvgIpc) is 2.47. The molecule has 0 aliphatic carbocycles. The predicted octanol–water partition coefficient (Wildman–Crippen LogP) is 0.770. The summed E-state index contributed by atoms with van der Waals surface area (Å²) < 4.78 is 4.81. The van der Waals surface area contributed by atoms with Crippen LogP contribution in [0.3, 0.4) is 0 Å². The van der Waals surface area contributed by atoms with Gasteiger partial charge in [0.05, 0.1) is 19.1 Å². The number of rotatable bonds is 5. The zero-order chi connectivity index (χ0) is 14.4. The molecule has 0 radical (unpaired) electrons. The zero-order valence-corrected chi connectivity index (χ0v) is 11.6.